The Bertz CT molecular complexity index is 455. The molecule has 0 N–H and O–H groups in total. The molecule has 0 radical (unpaired) electrons. The number of allylic oxidation sites excluding steroid dienone is 1. The smallest absolute Gasteiger partial charge is 0.222 e. The van der Waals surface area contributed by atoms with E-state index in [1.807, 2.05) is 17.0 Å². The van der Waals surface area contributed by atoms with Gasteiger partial charge in [0, 0.05) is 25.4 Å². The first-order valence-electron chi connectivity index (χ1n) is 7.35. The summed E-state index contributed by atoms with van der Waals surface area (Å²) in [6.45, 7) is 5.25. The van der Waals surface area contributed by atoms with E-state index >= 15 is 0 Å². The number of likely N-dealkylation sites (tertiary alicyclic amines) is 1. The van der Waals surface area contributed by atoms with Crippen LogP contribution in [0.2, 0.25) is 0 Å². The Labute approximate surface area is 120 Å². The number of amides is 1. The zero-order chi connectivity index (χ0) is 14.4. The van der Waals surface area contributed by atoms with Gasteiger partial charge in [-0.05, 0) is 37.0 Å². The topological polar surface area (TPSA) is 20.3 Å². The second-order valence-corrected chi connectivity index (χ2v) is 5.41. The van der Waals surface area contributed by atoms with Crippen LogP contribution in [0, 0.1) is 5.82 Å². The number of hydrogen-bond donors (Lipinski definition) is 0. The van der Waals surface area contributed by atoms with Gasteiger partial charge >= 0.3 is 0 Å². The van der Waals surface area contributed by atoms with Crippen molar-refractivity contribution in [3.8, 4) is 0 Å². The highest BCUT2D eigenvalue weighted by Crippen LogP contribution is 2.27. The first kappa shape index (κ1) is 14.8. The lowest BCUT2D eigenvalue weighted by molar-refractivity contribution is -0.131. The molecule has 1 saturated heterocycles. The molecule has 1 heterocycles. The third-order valence-electron chi connectivity index (χ3n) is 3.93. The fourth-order valence-electron chi connectivity index (χ4n) is 2.76. The largest absolute Gasteiger partial charge is 0.342 e. The lowest BCUT2D eigenvalue weighted by atomic mass is 9.94. The van der Waals surface area contributed by atoms with Gasteiger partial charge in [-0.2, -0.15) is 0 Å². The Balaban J connectivity index is 2.04. The average molecular weight is 275 g/mol. The fourth-order valence-corrected chi connectivity index (χ4v) is 2.76. The van der Waals surface area contributed by atoms with E-state index in [9.17, 15) is 9.18 Å². The van der Waals surface area contributed by atoms with Crippen LogP contribution in [0.15, 0.2) is 36.9 Å². The highest BCUT2D eigenvalue weighted by atomic mass is 19.1. The minimum absolute atomic E-state index is 0.207. The number of benzene rings is 1. The molecule has 0 bridgehead atoms. The summed E-state index contributed by atoms with van der Waals surface area (Å²) in [5, 5.41) is 0. The molecule has 0 spiro atoms. The summed E-state index contributed by atoms with van der Waals surface area (Å²) in [7, 11) is 0. The summed E-state index contributed by atoms with van der Waals surface area (Å²) in [5.41, 5.74) is 1.13. The third kappa shape index (κ3) is 3.92. The molecule has 0 unspecified atom stereocenters. The minimum atomic E-state index is -0.207. The number of carbonyl (C=O) groups excluding carboxylic acids is 1. The summed E-state index contributed by atoms with van der Waals surface area (Å²) in [6, 6.07) is 6.70. The van der Waals surface area contributed by atoms with Crippen molar-refractivity contribution in [1.82, 2.24) is 4.90 Å². The van der Waals surface area contributed by atoms with Crippen molar-refractivity contribution in [1.29, 1.82) is 0 Å². The second-order valence-electron chi connectivity index (χ2n) is 5.41. The van der Waals surface area contributed by atoms with E-state index in [0.29, 0.717) is 12.3 Å². The first-order valence-corrected chi connectivity index (χ1v) is 7.35. The maximum atomic E-state index is 13.0. The Morgan fingerprint density at radius 3 is 2.80 bits per heavy atom. The van der Waals surface area contributed by atoms with Gasteiger partial charge in [0.15, 0.2) is 0 Å². The highest BCUT2D eigenvalue weighted by Gasteiger charge is 2.22. The van der Waals surface area contributed by atoms with Gasteiger partial charge in [-0.3, -0.25) is 4.79 Å². The standard InChI is InChI=1S/C17H22FNO/c1-2-3-7-17(20)19-12-5-4-6-15(13-19)14-8-10-16(18)11-9-14/h2,8-11,15H,1,3-7,12-13H2/t15-/m1/s1. The van der Waals surface area contributed by atoms with Crippen LogP contribution in [-0.2, 0) is 4.79 Å². The van der Waals surface area contributed by atoms with E-state index in [1.165, 1.54) is 12.1 Å². The molecule has 1 aliphatic heterocycles. The van der Waals surface area contributed by atoms with Gasteiger partial charge < -0.3 is 4.90 Å². The van der Waals surface area contributed by atoms with E-state index in [2.05, 4.69) is 6.58 Å². The minimum Gasteiger partial charge on any atom is -0.342 e. The molecule has 0 aromatic heterocycles. The average Bonchev–Trinajstić information content (AvgIpc) is 2.71. The van der Waals surface area contributed by atoms with Crippen LogP contribution in [-0.4, -0.2) is 23.9 Å². The molecule has 1 aromatic rings. The summed E-state index contributed by atoms with van der Waals surface area (Å²) in [6.07, 6.45) is 6.30. The van der Waals surface area contributed by atoms with Crippen molar-refractivity contribution in [3.63, 3.8) is 0 Å². The second kappa shape index (κ2) is 7.22. The predicted octanol–water partition coefficient (Wildman–Crippen LogP) is 3.89. The van der Waals surface area contributed by atoms with Gasteiger partial charge in [-0.25, -0.2) is 4.39 Å². The molecule has 1 fully saturated rings. The van der Waals surface area contributed by atoms with Crippen LogP contribution in [0.3, 0.4) is 0 Å². The molecule has 1 atom stereocenters. The number of carbonyl (C=O) groups is 1. The van der Waals surface area contributed by atoms with Crippen molar-refractivity contribution in [3.05, 3.63) is 48.3 Å². The van der Waals surface area contributed by atoms with Crippen LogP contribution >= 0.6 is 0 Å². The first-order chi connectivity index (χ1) is 9.70. The van der Waals surface area contributed by atoms with Crippen LogP contribution in [0.25, 0.3) is 0 Å². The van der Waals surface area contributed by atoms with Crippen LogP contribution < -0.4 is 0 Å². The van der Waals surface area contributed by atoms with Gasteiger partial charge in [0.1, 0.15) is 5.82 Å². The summed E-state index contributed by atoms with van der Waals surface area (Å²) in [5.74, 6) is 0.325. The van der Waals surface area contributed by atoms with E-state index < -0.39 is 0 Å². The van der Waals surface area contributed by atoms with Crippen molar-refractivity contribution < 1.29 is 9.18 Å². The summed E-state index contributed by atoms with van der Waals surface area (Å²) >= 11 is 0. The van der Waals surface area contributed by atoms with Gasteiger partial charge in [0.25, 0.3) is 0 Å². The molecular weight excluding hydrogens is 253 g/mol. The molecule has 0 aliphatic carbocycles. The maximum Gasteiger partial charge on any atom is 0.222 e. The van der Waals surface area contributed by atoms with E-state index in [4.69, 9.17) is 0 Å². The molecule has 108 valence electrons. The lowest BCUT2D eigenvalue weighted by Gasteiger charge is -2.24. The summed E-state index contributed by atoms with van der Waals surface area (Å²) < 4.78 is 13.0. The molecule has 20 heavy (non-hydrogen) atoms. The van der Waals surface area contributed by atoms with Gasteiger partial charge in [0.05, 0.1) is 0 Å². The molecule has 3 heteroatoms. The van der Waals surface area contributed by atoms with Gasteiger partial charge in [-0.1, -0.05) is 24.6 Å². The Kier molecular flexibility index (Phi) is 5.33. The molecule has 1 aliphatic rings. The van der Waals surface area contributed by atoms with Crippen molar-refractivity contribution in [2.45, 2.75) is 38.0 Å². The number of rotatable bonds is 4. The third-order valence-corrected chi connectivity index (χ3v) is 3.93. The van der Waals surface area contributed by atoms with Gasteiger partial charge in [0.2, 0.25) is 5.91 Å². The lowest BCUT2D eigenvalue weighted by Crippen LogP contribution is -2.33. The van der Waals surface area contributed by atoms with E-state index in [-0.39, 0.29) is 11.7 Å². The molecule has 0 saturated carbocycles. The highest BCUT2D eigenvalue weighted by molar-refractivity contribution is 5.76. The predicted molar refractivity (Wildman–Crippen MR) is 79.0 cm³/mol. The molecule has 1 aromatic carbocycles. The van der Waals surface area contributed by atoms with Crippen molar-refractivity contribution in [2.24, 2.45) is 0 Å². The number of halogens is 1. The number of hydrogen-bond acceptors (Lipinski definition) is 1. The van der Waals surface area contributed by atoms with E-state index in [0.717, 1.165) is 44.3 Å². The Morgan fingerprint density at radius 2 is 2.10 bits per heavy atom. The summed E-state index contributed by atoms with van der Waals surface area (Å²) in [4.78, 5) is 14.1. The Hall–Kier alpha value is -1.64. The quantitative estimate of drug-likeness (QED) is 0.763. The zero-order valence-corrected chi connectivity index (χ0v) is 11.9. The molecule has 2 nitrogen and oxygen atoms in total. The van der Waals surface area contributed by atoms with Crippen molar-refractivity contribution in [2.75, 3.05) is 13.1 Å². The molecule has 2 rings (SSSR count). The normalized spacial score (nSPS) is 19.4. The molecule has 1 amide bonds. The van der Waals surface area contributed by atoms with Crippen LogP contribution in [0.5, 0.6) is 0 Å². The van der Waals surface area contributed by atoms with Crippen LogP contribution in [0.4, 0.5) is 4.39 Å². The van der Waals surface area contributed by atoms with E-state index in [1.54, 1.807) is 6.08 Å². The number of nitrogens with zero attached hydrogens (tertiary/aromatic N) is 1. The molecular formula is C17H22FNO. The maximum absolute atomic E-state index is 13.0. The fraction of sp³-hybridized carbons (Fsp3) is 0.471. The van der Waals surface area contributed by atoms with Gasteiger partial charge in [-0.15, -0.1) is 6.58 Å². The van der Waals surface area contributed by atoms with Crippen molar-refractivity contribution >= 4 is 5.91 Å². The zero-order valence-electron chi connectivity index (χ0n) is 11.9. The SMILES string of the molecule is C=CCCC(=O)N1CCCC[C@@H](c2ccc(F)cc2)C1. The van der Waals surface area contributed by atoms with Crippen LogP contribution in [0.1, 0.15) is 43.6 Å². The Morgan fingerprint density at radius 1 is 1.35 bits per heavy atom. The monoisotopic (exact) mass is 275 g/mol.